The summed E-state index contributed by atoms with van der Waals surface area (Å²) in [4.78, 5) is 23.7. The van der Waals surface area contributed by atoms with E-state index in [1.165, 1.54) is 27.7 Å². The molecule has 3 heterocycles. The van der Waals surface area contributed by atoms with E-state index in [2.05, 4.69) is 25.6 Å². The quantitative estimate of drug-likeness (QED) is 0.341. The SMILES string of the molecule is COc1ccc(-c2csc(N3N=C(c4cccc(OC)c4)/C(=N/Nc4nc(C)c(C)s4)C3=O)n2)cc1. The Morgan fingerprint density at radius 1 is 0.972 bits per heavy atom. The van der Waals surface area contributed by atoms with Crippen LogP contribution in [0.4, 0.5) is 10.3 Å². The number of thiazole rings is 2. The van der Waals surface area contributed by atoms with Gasteiger partial charge in [0, 0.05) is 21.4 Å². The molecule has 4 aromatic rings. The van der Waals surface area contributed by atoms with E-state index in [-0.39, 0.29) is 11.6 Å². The predicted octanol–water partition coefficient (Wildman–Crippen LogP) is 5.12. The molecule has 5 rings (SSSR count). The Balaban J connectivity index is 1.50. The van der Waals surface area contributed by atoms with Crippen molar-refractivity contribution in [3.05, 3.63) is 70.0 Å². The molecule has 0 bridgehead atoms. The van der Waals surface area contributed by atoms with Gasteiger partial charge in [0.1, 0.15) is 17.2 Å². The number of ether oxygens (including phenoxy) is 2. The maximum absolute atomic E-state index is 13.5. The molecule has 0 unspecified atom stereocenters. The lowest BCUT2D eigenvalue weighted by atomic mass is 10.1. The molecule has 0 saturated carbocycles. The first kappa shape index (κ1) is 23.6. The van der Waals surface area contributed by atoms with Gasteiger partial charge in [0.2, 0.25) is 10.3 Å². The number of hydrogen-bond donors (Lipinski definition) is 1. The highest BCUT2D eigenvalue weighted by Gasteiger charge is 2.36. The van der Waals surface area contributed by atoms with Crippen LogP contribution < -0.4 is 19.9 Å². The highest BCUT2D eigenvalue weighted by Crippen LogP contribution is 2.31. The fourth-order valence-electron chi connectivity index (χ4n) is 3.47. The summed E-state index contributed by atoms with van der Waals surface area (Å²) in [7, 11) is 3.21. The number of aryl methyl sites for hydroxylation is 2. The Labute approximate surface area is 215 Å². The van der Waals surface area contributed by atoms with Gasteiger partial charge in [-0.25, -0.2) is 9.97 Å². The lowest BCUT2D eigenvalue weighted by Crippen LogP contribution is -2.28. The largest absolute Gasteiger partial charge is 0.497 e. The number of carbonyl (C=O) groups excluding carboxylic acids is 1. The average molecular weight is 519 g/mol. The second-order valence-corrected chi connectivity index (χ2v) is 9.81. The van der Waals surface area contributed by atoms with E-state index in [1.54, 1.807) is 14.2 Å². The fourth-order valence-corrected chi connectivity index (χ4v) is 5.01. The fraction of sp³-hybridized carbons (Fsp3) is 0.160. The van der Waals surface area contributed by atoms with Crippen molar-refractivity contribution >= 4 is 50.3 Å². The van der Waals surface area contributed by atoms with Crippen LogP contribution in [-0.4, -0.2) is 41.5 Å². The molecule has 182 valence electrons. The number of methoxy groups -OCH3 is 2. The zero-order valence-electron chi connectivity index (χ0n) is 20.0. The topological polar surface area (TPSA) is 101 Å². The van der Waals surface area contributed by atoms with Crippen LogP contribution in [0, 0.1) is 13.8 Å². The van der Waals surface area contributed by atoms with E-state index in [0.29, 0.717) is 27.3 Å². The minimum Gasteiger partial charge on any atom is -0.497 e. The minimum absolute atomic E-state index is 0.162. The lowest BCUT2D eigenvalue weighted by Gasteiger charge is -2.06. The summed E-state index contributed by atoms with van der Waals surface area (Å²) < 4.78 is 10.6. The summed E-state index contributed by atoms with van der Waals surface area (Å²) in [6.07, 6.45) is 0. The number of nitrogens with one attached hydrogen (secondary N) is 1. The molecular weight excluding hydrogens is 496 g/mol. The Hall–Kier alpha value is -4.09. The van der Waals surface area contributed by atoms with Crippen molar-refractivity contribution in [3.8, 4) is 22.8 Å². The van der Waals surface area contributed by atoms with Gasteiger partial charge < -0.3 is 9.47 Å². The highest BCUT2D eigenvalue weighted by atomic mass is 32.1. The van der Waals surface area contributed by atoms with Crippen molar-refractivity contribution in [2.45, 2.75) is 13.8 Å². The molecule has 0 atom stereocenters. The first-order valence-corrected chi connectivity index (χ1v) is 12.6. The molecule has 2 aromatic heterocycles. The van der Waals surface area contributed by atoms with Crippen molar-refractivity contribution in [2.24, 2.45) is 10.2 Å². The summed E-state index contributed by atoms with van der Waals surface area (Å²) in [6.45, 7) is 3.92. The van der Waals surface area contributed by atoms with E-state index in [9.17, 15) is 4.79 Å². The molecule has 36 heavy (non-hydrogen) atoms. The lowest BCUT2D eigenvalue weighted by molar-refractivity contribution is -0.112. The number of benzene rings is 2. The van der Waals surface area contributed by atoms with Crippen LogP contribution in [0.5, 0.6) is 11.5 Å². The van der Waals surface area contributed by atoms with Crippen molar-refractivity contribution in [1.82, 2.24) is 9.97 Å². The van der Waals surface area contributed by atoms with Gasteiger partial charge >= 0.3 is 5.91 Å². The normalized spacial score (nSPS) is 14.3. The summed E-state index contributed by atoms with van der Waals surface area (Å²) >= 11 is 2.80. The van der Waals surface area contributed by atoms with Gasteiger partial charge in [-0.2, -0.15) is 15.2 Å². The van der Waals surface area contributed by atoms with Crippen LogP contribution in [0.3, 0.4) is 0 Å². The van der Waals surface area contributed by atoms with Crippen LogP contribution >= 0.6 is 22.7 Å². The molecule has 1 N–H and O–H groups in total. The third-order valence-corrected chi connectivity index (χ3v) is 7.31. The van der Waals surface area contributed by atoms with Gasteiger partial charge in [-0.3, -0.25) is 10.2 Å². The smallest absolute Gasteiger partial charge is 0.303 e. The number of carbonyl (C=O) groups is 1. The number of aromatic nitrogens is 2. The second kappa shape index (κ2) is 9.88. The standard InChI is InChI=1S/C25H22N6O3S2/c1-14-15(2)36-24(26-14)29-28-22-21(17-6-5-7-19(12-17)34-4)30-31(23(22)32)25-27-20(13-35-25)16-8-10-18(33-3)11-9-16/h5-13H,1-4H3,(H,26,29)/b28-22-. The number of hydrazone groups is 2. The van der Waals surface area contributed by atoms with Gasteiger partial charge in [0.15, 0.2) is 5.71 Å². The number of anilines is 2. The summed E-state index contributed by atoms with van der Waals surface area (Å²) in [5.74, 6) is 1.02. The molecule has 11 heteroatoms. The van der Waals surface area contributed by atoms with Gasteiger partial charge in [-0.05, 0) is 50.2 Å². The van der Waals surface area contributed by atoms with Crippen LogP contribution in [0.1, 0.15) is 16.1 Å². The van der Waals surface area contributed by atoms with Gasteiger partial charge in [0.25, 0.3) is 0 Å². The summed E-state index contributed by atoms with van der Waals surface area (Å²) in [5.41, 5.74) is 6.76. The van der Waals surface area contributed by atoms with Crippen LogP contribution in [0.2, 0.25) is 0 Å². The molecule has 0 fully saturated rings. The van der Waals surface area contributed by atoms with Crippen LogP contribution in [0.25, 0.3) is 11.3 Å². The molecular formula is C25H22N6O3S2. The van der Waals surface area contributed by atoms with E-state index in [0.717, 1.165) is 27.6 Å². The second-order valence-electron chi connectivity index (χ2n) is 7.77. The third kappa shape index (κ3) is 4.58. The first-order chi connectivity index (χ1) is 17.5. The molecule has 1 aliphatic rings. The molecule has 0 spiro atoms. The Bertz CT molecular complexity index is 1470. The molecule has 0 radical (unpaired) electrons. The minimum atomic E-state index is -0.388. The van der Waals surface area contributed by atoms with Gasteiger partial charge in [0.05, 0.1) is 25.6 Å². The van der Waals surface area contributed by atoms with E-state index < -0.39 is 0 Å². The van der Waals surface area contributed by atoms with Gasteiger partial charge in [-0.1, -0.05) is 12.1 Å². The number of hydrogen-bond acceptors (Lipinski definition) is 10. The predicted molar refractivity (Wildman–Crippen MR) is 144 cm³/mol. The highest BCUT2D eigenvalue weighted by molar-refractivity contribution is 7.15. The van der Waals surface area contributed by atoms with Crippen LogP contribution in [-0.2, 0) is 4.79 Å². The molecule has 0 saturated heterocycles. The molecule has 2 aromatic carbocycles. The number of nitrogens with zero attached hydrogens (tertiary/aromatic N) is 5. The van der Waals surface area contributed by atoms with Crippen molar-refractivity contribution in [2.75, 3.05) is 24.7 Å². The first-order valence-electron chi connectivity index (χ1n) is 10.9. The Morgan fingerprint density at radius 3 is 2.44 bits per heavy atom. The maximum Gasteiger partial charge on any atom is 0.303 e. The Kier molecular flexibility index (Phi) is 6.49. The maximum atomic E-state index is 13.5. The average Bonchev–Trinajstić information content (AvgIpc) is 3.60. The van der Waals surface area contributed by atoms with Crippen molar-refractivity contribution in [3.63, 3.8) is 0 Å². The van der Waals surface area contributed by atoms with Crippen molar-refractivity contribution in [1.29, 1.82) is 0 Å². The van der Waals surface area contributed by atoms with E-state index in [4.69, 9.17) is 9.47 Å². The molecule has 0 aliphatic carbocycles. The van der Waals surface area contributed by atoms with Gasteiger partial charge in [-0.15, -0.1) is 22.7 Å². The van der Waals surface area contributed by atoms with E-state index >= 15 is 0 Å². The zero-order valence-corrected chi connectivity index (χ0v) is 21.6. The third-order valence-electron chi connectivity index (χ3n) is 5.51. The molecule has 9 nitrogen and oxygen atoms in total. The number of rotatable bonds is 7. The van der Waals surface area contributed by atoms with Crippen LogP contribution in [0.15, 0.2) is 64.1 Å². The molecule has 1 aliphatic heterocycles. The summed E-state index contributed by atoms with van der Waals surface area (Å²) in [5, 5.41) is 13.3. The molecule has 1 amide bonds. The Morgan fingerprint density at radius 2 is 1.75 bits per heavy atom. The monoisotopic (exact) mass is 518 g/mol. The van der Waals surface area contributed by atoms with Crippen molar-refractivity contribution < 1.29 is 14.3 Å². The number of amides is 1. The summed E-state index contributed by atoms with van der Waals surface area (Å²) in [6, 6.07) is 14.9. The van der Waals surface area contributed by atoms with E-state index in [1.807, 2.05) is 67.8 Å². The zero-order chi connectivity index (χ0) is 25.2.